The first kappa shape index (κ1) is 18.2. The van der Waals surface area contributed by atoms with Crippen LogP contribution in [0.15, 0.2) is 12.4 Å². The van der Waals surface area contributed by atoms with Gasteiger partial charge in [0, 0.05) is 32.0 Å². The topological polar surface area (TPSA) is 89.7 Å². The average Bonchev–Trinajstić information content (AvgIpc) is 3.27. The van der Waals surface area contributed by atoms with Crippen LogP contribution < -0.4 is 10.6 Å². The average molecular weight is 371 g/mol. The first-order valence-corrected chi connectivity index (χ1v) is 10.2. The fraction of sp³-hybridized carbons (Fsp3) is 0.684. The summed E-state index contributed by atoms with van der Waals surface area (Å²) in [5.74, 6) is 0.893. The van der Waals surface area contributed by atoms with E-state index in [9.17, 15) is 4.79 Å². The molecule has 8 nitrogen and oxygen atoms in total. The van der Waals surface area contributed by atoms with Crippen LogP contribution >= 0.6 is 0 Å². The summed E-state index contributed by atoms with van der Waals surface area (Å²) in [6.07, 6.45) is 10.2. The van der Waals surface area contributed by atoms with Gasteiger partial charge in [-0.3, -0.25) is 9.48 Å². The number of nitrogens with one attached hydrogen (secondary N) is 2. The van der Waals surface area contributed by atoms with E-state index in [4.69, 9.17) is 0 Å². The Balaban J connectivity index is 1.26. The number of aryl methyl sites for hydroxylation is 2. The molecule has 2 aromatic heterocycles. The van der Waals surface area contributed by atoms with Crippen molar-refractivity contribution in [2.75, 3.05) is 6.54 Å². The summed E-state index contributed by atoms with van der Waals surface area (Å²) in [6.45, 7) is 3.28. The van der Waals surface area contributed by atoms with Crippen LogP contribution in [-0.2, 0) is 30.8 Å². The first-order chi connectivity index (χ1) is 13.3. The Morgan fingerprint density at radius 2 is 2.15 bits per heavy atom. The zero-order chi connectivity index (χ0) is 18.5. The molecule has 0 radical (unpaired) electrons. The van der Waals surface area contributed by atoms with Gasteiger partial charge in [-0.25, -0.2) is 0 Å². The van der Waals surface area contributed by atoms with Gasteiger partial charge in [-0.15, -0.1) is 10.2 Å². The third kappa shape index (κ3) is 4.55. The molecule has 0 atom stereocenters. The molecule has 2 N–H and O–H groups in total. The lowest BCUT2D eigenvalue weighted by Gasteiger charge is -2.24. The first-order valence-electron chi connectivity index (χ1n) is 10.2. The molecule has 2 aliphatic rings. The molecule has 1 amide bonds. The highest BCUT2D eigenvalue weighted by Crippen LogP contribution is 2.28. The molecular formula is C19H29N7O. The van der Waals surface area contributed by atoms with Gasteiger partial charge in [0.2, 0.25) is 5.91 Å². The Kier molecular flexibility index (Phi) is 5.81. The van der Waals surface area contributed by atoms with E-state index >= 15 is 0 Å². The number of rotatable bonds is 6. The van der Waals surface area contributed by atoms with Crippen molar-refractivity contribution in [2.24, 2.45) is 0 Å². The predicted octanol–water partition coefficient (Wildman–Crippen LogP) is 1.72. The van der Waals surface area contributed by atoms with Crippen LogP contribution in [0.4, 0.5) is 0 Å². The lowest BCUT2D eigenvalue weighted by Crippen LogP contribution is -2.26. The second-order valence-corrected chi connectivity index (χ2v) is 7.60. The third-order valence-corrected chi connectivity index (χ3v) is 5.61. The Labute approximate surface area is 159 Å². The normalized spacial score (nSPS) is 18.1. The van der Waals surface area contributed by atoms with Crippen molar-refractivity contribution in [1.82, 2.24) is 35.2 Å². The fourth-order valence-corrected chi connectivity index (χ4v) is 4.11. The van der Waals surface area contributed by atoms with Crippen LogP contribution in [0.1, 0.15) is 68.2 Å². The van der Waals surface area contributed by atoms with Crippen molar-refractivity contribution in [3.05, 3.63) is 29.6 Å². The maximum absolute atomic E-state index is 12.3. The molecule has 8 heteroatoms. The van der Waals surface area contributed by atoms with E-state index in [0.29, 0.717) is 25.4 Å². The number of aromatic nitrogens is 5. The van der Waals surface area contributed by atoms with E-state index in [0.717, 1.165) is 37.6 Å². The van der Waals surface area contributed by atoms with E-state index < -0.39 is 0 Å². The molecule has 27 heavy (non-hydrogen) atoms. The molecule has 0 spiro atoms. The van der Waals surface area contributed by atoms with Gasteiger partial charge in [0.15, 0.2) is 5.82 Å². The van der Waals surface area contributed by atoms with Crippen LogP contribution in [0, 0.1) is 0 Å². The fourth-order valence-electron chi connectivity index (χ4n) is 4.11. The smallest absolute Gasteiger partial charge is 0.220 e. The summed E-state index contributed by atoms with van der Waals surface area (Å²) in [5, 5.41) is 19.3. The number of hydrogen-bond donors (Lipinski definition) is 2. The van der Waals surface area contributed by atoms with E-state index in [1.54, 1.807) is 0 Å². The molecule has 1 aliphatic carbocycles. The maximum Gasteiger partial charge on any atom is 0.220 e. The van der Waals surface area contributed by atoms with Gasteiger partial charge in [-0.05, 0) is 31.9 Å². The van der Waals surface area contributed by atoms with Crippen molar-refractivity contribution < 1.29 is 4.79 Å². The number of nitrogens with zero attached hydrogens (tertiary/aromatic N) is 5. The summed E-state index contributed by atoms with van der Waals surface area (Å²) >= 11 is 0. The molecule has 146 valence electrons. The summed E-state index contributed by atoms with van der Waals surface area (Å²) in [4.78, 5) is 12.3. The van der Waals surface area contributed by atoms with Gasteiger partial charge < -0.3 is 15.2 Å². The van der Waals surface area contributed by atoms with Gasteiger partial charge in [-0.2, -0.15) is 5.10 Å². The lowest BCUT2D eigenvalue weighted by atomic mass is 9.95. The summed E-state index contributed by atoms with van der Waals surface area (Å²) in [6, 6.07) is 2.60. The minimum atomic E-state index is 0.0366. The highest BCUT2D eigenvalue weighted by atomic mass is 16.1. The molecule has 1 aliphatic heterocycles. The predicted molar refractivity (Wildman–Crippen MR) is 101 cm³/mol. The van der Waals surface area contributed by atoms with E-state index in [1.165, 1.54) is 37.8 Å². The van der Waals surface area contributed by atoms with Crippen molar-refractivity contribution >= 4 is 5.91 Å². The van der Waals surface area contributed by atoms with Crippen LogP contribution in [0.25, 0.3) is 0 Å². The number of amides is 1. The van der Waals surface area contributed by atoms with Gasteiger partial charge in [-0.1, -0.05) is 19.3 Å². The maximum atomic E-state index is 12.3. The highest BCUT2D eigenvalue weighted by molar-refractivity contribution is 5.75. The molecule has 0 saturated heterocycles. The Morgan fingerprint density at radius 3 is 3.04 bits per heavy atom. The summed E-state index contributed by atoms with van der Waals surface area (Å²) in [7, 11) is 0. The van der Waals surface area contributed by atoms with Gasteiger partial charge in [0.05, 0.1) is 17.9 Å². The number of hydrogen-bond acceptors (Lipinski definition) is 5. The Morgan fingerprint density at radius 1 is 1.26 bits per heavy atom. The van der Waals surface area contributed by atoms with E-state index in [2.05, 4.69) is 41.2 Å². The van der Waals surface area contributed by atoms with E-state index in [-0.39, 0.29) is 5.91 Å². The minimum absolute atomic E-state index is 0.0366. The lowest BCUT2D eigenvalue weighted by molar-refractivity contribution is -0.121. The molecule has 0 bridgehead atoms. The molecule has 0 aromatic carbocycles. The monoisotopic (exact) mass is 371 g/mol. The largest absolute Gasteiger partial charge is 0.349 e. The number of carbonyl (C=O) groups excluding carboxylic acids is 1. The number of fused-ring (bicyclic) bond motifs is 1. The highest BCUT2D eigenvalue weighted by Gasteiger charge is 2.19. The molecule has 1 fully saturated rings. The number of carbonyl (C=O) groups is 1. The molecule has 1 saturated carbocycles. The van der Waals surface area contributed by atoms with Gasteiger partial charge in [0.1, 0.15) is 6.33 Å². The minimum Gasteiger partial charge on any atom is -0.349 e. The Bertz CT molecular complexity index is 736. The Hall–Kier alpha value is -2.22. The van der Waals surface area contributed by atoms with Crippen molar-refractivity contribution in [3.8, 4) is 0 Å². The summed E-state index contributed by atoms with van der Waals surface area (Å²) in [5.41, 5.74) is 2.21. The molecule has 4 rings (SSSR count). The molecular weight excluding hydrogens is 342 g/mol. The van der Waals surface area contributed by atoms with Crippen LogP contribution in [0.3, 0.4) is 0 Å². The second kappa shape index (κ2) is 8.65. The van der Waals surface area contributed by atoms with Gasteiger partial charge >= 0.3 is 0 Å². The van der Waals surface area contributed by atoms with Crippen LogP contribution in [0.5, 0.6) is 0 Å². The van der Waals surface area contributed by atoms with Crippen molar-refractivity contribution in [1.29, 1.82) is 0 Å². The second-order valence-electron chi connectivity index (χ2n) is 7.60. The van der Waals surface area contributed by atoms with Crippen LogP contribution in [-0.4, -0.2) is 37.0 Å². The quantitative estimate of drug-likeness (QED) is 0.807. The van der Waals surface area contributed by atoms with Crippen molar-refractivity contribution in [2.45, 2.75) is 77.0 Å². The van der Waals surface area contributed by atoms with Gasteiger partial charge in [0.25, 0.3) is 0 Å². The standard InChI is InChI=1S/C19H29N7O/c27-19(8-7-15-11-17-12-20-9-4-10-26(17)24-15)21-13-18-23-22-14-25(18)16-5-2-1-3-6-16/h11,14,16,20H,1-10,12-13H2,(H,21,27). The molecule has 2 aromatic rings. The van der Waals surface area contributed by atoms with E-state index in [1.807, 2.05) is 6.33 Å². The SMILES string of the molecule is O=C(CCc1cc2n(n1)CCCNC2)NCc1nncn1C1CCCCC1. The zero-order valence-corrected chi connectivity index (χ0v) is 15.9. The third-order valence-electron chi connectivity index (χ3n) is 5.61. The zero-order valence-electron chi connectivity index (χ0n) is 15.9. The summed E-state index contributed by atoms with van der Waals surface area (Å²) < 4.78 is 4.22. The molecule has 3 heterocycles. The molecule has 0 unspecified atom stereocenters. The van der Waals surface area contributed by atoms with Crippen LogP contribution in [0.2, 0.25) is 0 Å². The van der Waals surface area contributed by atoms with Crippen molar-refractivity contribution in [3.63, 3.8) is 0 Å².